The smallest absolute Gasteiger partial charge is 0.251 e. The summed E-state index contributed by atoms with van der Waals surface area (Å²) < 4.78 is 2.29. The summed E-state index contributed by atoms with van der Waals surface area (Å²) in [5, 5.41) is 0. The number of hydrogen-bond donors (Lipinski definition) is 1. The van der Waals surface area contributed by atoms with Crippen molar-refractivity contribution in [3.63, 3.8) is 0 Å². The van der Waals surface area contributed by atoms with Gasteiger partial charge < -0.3 is 10.3 Å². The number of benzene rings is 1. The Morgan fingerprint density at radius 3 is 2.39 bits per heavy atom. The number of hydrogen-bond acceptors (Lipinski definition) is 1. The normalized spacial score (nSPS) is 11.2. The lowest BCUT2D eigenvalue weighted by molar-refractivity contribution is 0.1000. The fourth-order valence-corrected chi connectivity index (χ4v) is 3.30. The minimum absolute atomic E-state index is 0.334. The van der Waals surface area contributed by atoms with Gasteiger partial charge in [0.15, 0.2) is 0 Å². The van der Waals surface area contributed by atoms with Gasteiger partial charge in [-0.1, -0.05) is 45.0 Å². The highest BCUT2D eigenvalue weighted by molar-refractivity contribution is 6.02. The molecular formula is C20H28N2O. The van der Waals surface area contributed by atoms with E-state index in [1.54, 1.807) is 0 Å². The number of carbonyl (C=O) groups excluding carboxylic acids is 1. The first kappa shape index (κ1) is 17.3. The van der Waals surface area contributed by atoms with Gasteiger partial charge in [-0.15, -0.1) is 0 Å². The zero-order valence-corrected chi connectivity index (χ0v) is 14.9. The van der Waals surface area contributed by atoms with Gasteiger partial charge >= 0.3 is 0 Å². The Morgan fingerprint density at radius 2 is 1.87 bits per heavy atom. The van der Waals surface area contributed by atoms with Gasteiger partial charge in [0.25, 0.3) is 5.91 Å². The highest BCUT2D eigenvalue weighted by Crippen LogP contribution is 2.35. The maximum atomic E-state index is 12.2. The van der Waals surface area contributed by atoms with Crippen molar-refractivity contribution in [2.45, 2.75) is 54.0 Å². The van der Waals surface area contributed by atoms with Crippen molar-refractivity contribution >= 4 is 5.91 Å². The molecule has 1 aromatic carbocycles. The highest BCUT2D eigenvalue weighted by atomic mass is 16.1. The molecule has 0 fully saturated rings. The van der Waals surface area contributed by atoms with E-state index >= 15 is 0 Å². The van der Waals surface area contributed by atoms with Gasteiger partial charge in [0.05, 0.1) is 5.56 Å². The lowest BCUT2D eigenvalue weighted by Crippen LogP contribution is -2.14. The molecule has 0 aliphatic rings. The summed E-state index contributed by atoms with van der Waals surface area (Å²) in [7, 11) is 0. The van der Waals surface area contributed by atoms with E-state index in [2.05, 4.69) is 44.4 Å². The van der Waals surface area contributed by atoms with Crippen LogP contribution in [-0.2, 0) is 13.0 Å². The SMILES string of the molecule is CCc1c(-c2ccccc2C)c(C(N)=O)c(C)n1CCC(C)C. The molecule has 23 heavy (non-hydrogen) atoms. The molecule has 0 aliphatic carbocycles. The van der Waals surface area contributed by atoms with E-state index in [1.807, 2.05) is 19.1 Å². The number of amides is 1. The third-order valence-electron chi connectivity index (χ3n) is 4.56. The quantitative estimate of drug-likeness (QED) is 0.840. The molecule has 124 valence electrons. The number of rotatable bonds is 6. The second-order valence-corrected chi connectivity index (χ2v) is 6.65. The lowest BCUT2D eigenvalue weighted by Gasteiger charge is -2.14. The van der Waals surface area contributed by atoms with E-state index in [9.17, 15) is 4.79 Å². The Bertz CT molecular complexity index is 711. The standard InChI is InChI=1S/C20H28N2O/c1-6-17-19(16-10-8-7-9-14(16)4)18(20(21)23)15(5)22(17)12-11-13(2)3/h7-10,13H,6,11-12H2,1-5H3,(H2,21,23). The second-order valence-electron chi connectivity index (χ2n) is 6.65. The summed E-state index contributed by atoms with van der Waals surface area (Å²) in [5.41, 5.74) is 11.9. The van der Waals surface area contributed by atoms with Crippen LogP contribution < -0.4 is 5.73 Å². The van der Waals surface area contributed by atoms with Gasteiger partial charge in [-0.3, -0.25) is 4.79 Å². The molecule has 1 aromatic heterocycles. The van der Waals surface area contributed by atoms with E-state index < -0.39 is 0 Å². The first-order chi connectivity index (χ1) is 10.9. The first-order valence-corrected chi connectivity index (χ1v) is 8.46. The van der Waals surface area contributed by atoms with Gasteiger partial charge in [-0.2, -0.15) is 0 Å². The summed E-state index contributed by atoms with van der Waals surface area (Å²) in [5.74, 6) is 0.291. The number of primary amides is 1. The van der Waals surface area contributed by atoms with Gasteiger partial charge in [-0.25, -0.2) is 0 Å². The van der Waals surface area contributed by atoms with Crippen molar-refractivity contribution in [3.8, 4) is 11.1 Å². The van der Waals surface area contributed by atoms with Crippen molar-refractivity contribution < 1.29 is 4.79 Å². The molecule has 3 heteroatoms. The first-order valence-electron chi connectivity index (χ1n) is 8.46. The van der Waals surface area contributed by atoms with Crippen LogP contribution in [0.25, 0.3) is 11.1 Å². The van der Waals surface area contributed by atoms with Crippen LogP contribution in [0.15, 0.2) is 24.3 Å². The van der Waals surface area contributed by atoms with Crippen LogP contribution in [0.1, 0.15) is 54.5 Å². The molecule has 0 aliphatic heterocycles. The Morgan fingerprint density at radius 1 is 1.22 bits per heavy atom. The monoisotopic (exact) mass is 312 g/mol. The molecule has 0 unspecified atom stereocenters. The predicted octanol–water partition coefficient (Wildman–Crippen LogP) is 4.48. The number of carbonyl (C=O) groups is 1. The summed E-state index contributed by atoms with van der Waals surface area (Å²) in [4.78, 5) is 12.2. The summed E-state index contributed by atoms with van der Waals surface area (Å²) in [6.45, 7) is 11.6. The Kier molecular flexibility index (Phi) is 5.30. The molecule has 0 saturated carbocycles. The molecule has 2 aromatic rings. The number of aryl methyl sites for hydroxylation is 1. The molecule has 2 N–H and O–H groups in total. The second kappa shape index (κ2) is 7.03. The number of nitrogens with two attached hydrogens (primary N) is 1. The van der Waals surface area contributed by atoms with Crippen molar-refractivity contribution in [2.75, 3.05) is 0 Å². The molecule has 3 nitrogen and oxygen atoms in total. The van der Waals surface area contributed by atoms with Gasteiger partial charge in [0.2, 0.25) is 0 Å². The van der Waals surface area contributed by atoms with Crippen molar-refractivity contribution in [1.82, 2.24) is 4.57 Å². The van der Waals surface area contributed by atoms with Crippen LogP contribution in [0, 0.1) is 19.8 Å². The zero-order chi connectivity index (χ0) is 17.1. The maximum absolute atomic E-state index is 12.2. The van der Waals surface area contributed by atoms with E-state index in [0.717, 1.165) is 36.2 Å². The van der Waals surface area contributed by atoms with E-state index in [4.69, 9.17) is 5.73 Å². The van der Waals surface area contributed by atoms with E-state index in [0.29, 0.717) is 11.5 Å². The van der Waals surface area contributed by atoms with Gasteiger partial charge in [0, 0.05) is 23.5 Å². The average Bonchev–Trinajstić information content (AvgIpc) is 2.77. The minimum Gasteiger partial charge on any atom is -0.366 e. The highest BCUT2D eigenvalue weighted by Gasteiger charge is 2.24. The van der Waals surface area contributed by atoms with Crippen molar-refractivity contribution in [2.24, 2.45) is 11.7 Å². The minimum atomic E-state index is -0.334. The van der Waals surface area contributed by atoms with Crippen LogP contribution in [0.5, 0.6) is 0 Å². The maximum Gasteiger partial charge on any atom is 0.251 e. The predicted molar refractivity (Wildman–Crippen MR) is 96.7 cm³/mol. The average molecular weight is 312 g/mol. The summed E-state index contributed by atoms with van der Waals surface area (Å²) in [6.07, 6.45) is 1.98. The molecule has 1 heterocycles. The summed E-state index contributed by atoms with van der Waals surface area (Å²) in [6, 6.07) is 8.22. The largest absolute Gasteiger partial charge is 0.366 e. The van der Waals surface area contributed by atoms with Crippen LogP contribution in [0.2, 0.25) is 0 Å². The van der Waals surface area contributed by atoms with Gasteiger partial charge in [0.1, 0.15) is 0 Å². The van der Waals surface area contributed by atoms with E-state index in [-0.39, 0.29) is 5.91 Å². The lowest BCUT2D eigenvalue weighted by atomic mass is 9.95. The summed E-state index contributed by atoms with van der Waals surface area (Å²) >= 11 is 0. The molecule has 0 spiro atoms. The molecule has 0 radical (unpaired) electrons. The van der Waals surface area contributed by atoms with Gasteiger partial charge in [-0.05, 0) is 43.7 Å². The Balaban J connectivity index is 2.71. The fourth-order valence-electron chi connectivity index (χ4n) is 3.30. The Hall–Kier alpha value is -2.03. The number of nitrogens with zero attached hydrogens (tertiary/aromatic N) is 1. The van der Waals surface area contributed by atoms with Crippen LogP contribution in [0.4, 0.5) is 0 Å². The topological polar surface area (TPSA) is 48.0 Å². The fraction of sp³-hybridized carbons (Fsp3) is 0.450. The third-order valence-corrected chi connectivity index (χ3v) is 4.56. The van der Waals surface area contributed by atoms with Crippen LogP contribution in [0.3, 0.4) is 0 Å². The van der Waals surface area contributed by atoms with Crippen LogP contribution >= 0.6 is 0 Å². The van der Waals surface area contributed by atoms with E-state index in [1.165, 1.54) is 11.3 Å². The molecule has 1 amide bonds. The van der Waals surface area contributed by atoms with Crippen molar-refractivity contribution in [3.05, 3.63) is 46.8 Å². The molecule has 0 atom stereocenters. The number of aromatic nitrogens is 1. The molecule has 0 bridgehead atoms. The van der Waals surface area contributed by atoms with Crippen molar-refractivity contribution in [1.29, 1.82) is 0 Å². The molecule has 0 saturated heterocycles. The molecule has 2 rings (SSSR count). The molecular weight excluding hydrogens is 284 g/mol. The van der Waals surface area contributed by atoms with Crippen LogP contribution in [-0.4, -0.2) is 10.5 Å². The third kappa shape index (κ3) is 3.34. The Labute approximate surface area is 139 Å². The zero-order valence-electron chi connectivity index (χ0n) is 14.9.